The first-order valence-corrected chi connectivity index (χ1v) is 4.29. The Hall–Kier alpha value is -0.610. The van der Waals surface area contributed by atoms with E-state index in [1.807, 2.05) is 6.92 Å². The molecule has 1 saturated heterocycles. The molecule has 0 aromatic heterocycles. The average molecular weight is 172 g/mol. The topological polar surface area (TPSA) is 41.6 Å². The first-order valence-electron chi connectivity index (χ1n) is 4.29. The van der Waals surface area contributed by atoms with Crippen LogP contribution in [0, 0.1) is 0 Å². The smallest absolute Gasteiger partial charge is 0.236 e. The standard InChI is InChI=1S/C8H16N2O2/c1-7(8(11)9-2)10-3-5-12-6-4-10/h7H,3-6H2,1-2H3,(H,9,11). The van der Waals surface area contributed by atoms with Gasteiger partial charge in [-0.1, -0.05) is 0 Å². The Morgan fingerprint density at radius 3 is 2.58 bits per heavy atom. The van der Waals surface area contributed by atoms with E-state index in [0.717, 1.165) is 26.3 Å². The van der Waals surface area contributed by atoms with Crippen molar-refractivity contribution in [2.75, 3.05) is 33.4 Å². The van der Waals surface area contributed by atoms with Crippen LogP contribution in [0.2, 0.25) is 0 Å². The zero-order valence-electron chi connectivity index (χ0n) is 7.67. The van der Waals surface area contributed by atoms with Crippen molar-refractivity contribution in [1.82, 2.24) is 10.2 Å². The lowest BCUT2D eigenvalue weighted by molar-refractivity contribution is -0.126. The fourth-order valence-electron chi connectivity index (χ4n) is 1.34. The molecule has 0 spiro atoms. The molecule has 1 heterocycles. The molecule has 1 atom stereocenters. The lowest BCUT2D eigenvalue weighted by Crippen LogP contribution is -2.48. The molecule has 1 aliphatic heterocycles. The number of carbonyl (C=O) groups is 1. The quantitative estimate of drug-likeness (QED) is 0.608. The molecular weight excluding hydrogens is 156 g/mol. The van der Waals surface area contributed by atoms with Crippen molar-refractivity contribution in [3.8, 4) is 0 Å². The normalized spacial score (nSPS) is 21.8. The van der Waals surface area contributed by atoms with Crippen molar-refractivity contribution < 1.29 is 9.53 Å². The molecule has 0 saturated carbocycles. The van der Waals surface area contributed by atoms with Crippen molar-refractivity contribution in [3.63, 3.8) is 0 Å². The summed E-state index contributed by atoms with van der Waals surface area (Å²) in [6.07, 6.45) is 0. The van der Waals surface area contributed by atoms with Crippen molar-refractivity contribution in [3.05, 3.63) is 0 Å². The van der Waals surface area contributed by atoms with E-state index in [4.69, 9.17) is 4.74 Å². The molecule has 70 valence electrons. The predicted octanol–water partition coefficient (Wildman–Crippen LogP) is -0.547. The number of hydrogen-bond acceptors (Lipinski definition) is 3. The molecule has 1 N–H and O–H groups in total. The molecule has 4 heteroatoms. The summed E-state index contributed by atoms with van der Waals surface area (Å²) in [5.74, 6) is 0.0805. The van der Waals surface area contributed by atoms with Gasteiger partial charge in [-0.15, -0.1) is 0 Å². The fourth-order valence-corrected chi connectivity index (χ4v) is 1.34. The van der Waals surface area contributed by atoms with E-state index in [2.05, 4.69) is 10.2 Å². The van der Waals surface area contributed by atoms with Crippen LogP contribution in [0.3, 0.4) is 0 Å². The fraction of sp³-hybridized carbons (Fsp3) is 0.875. The van der Waals surface area contributed by atoms with Crippen LogP contribution in [0.5, 0.6) is 0 Å². The summed E-state index contributed by atoms with van der Waals surface area (Å²) in [5, 5.41) is 2.64. The number of nitrogens with zero attached hydrogens (tertiary/aromatic N) is 1. The third-order valence-corrected chi connectivity index (χ3v) is 2.22. The van der Waals surface area contributed by atoms with E-state index in [-0.39, 0.29) is 11.9 Å². The summed E-state index contributed by atoms with van der Waals surface area (Å²) in [4.78, 5) is 13.3. The molecule has 1 rings (SSSR count). The summed E-state index contributed by atoms with van der Waals surface area (Å²) in [7, 11) is 1.67. The van der Waals surface area contributed by atoms with Gasteiger partial charge in [-0.05, 0) is 6.92 Å². The highest BCUT2D eigenvalue weighted by molar-refractivity contribution is 5.80. The van der Waals surface area contributed by atoms with E-state index < -0.39 is 0 Å². The van der Waals surface area contributed by atoms with E-state index in [9.17, 15) is 4.79 Å². The van der Waals surface area contributed by atoms with Gasteiger partial charge in [0.15, 0.2) is 0 Å². The van der Waals surface area contributed by atoms with Gasteiger partial charge in [0.1, 0.15) is 0 Å². The lowest BCUT2D eigenvalue weighted by atomic mass is 10.2. The van der Waals surface area contributed by atoms with Gasteiger partial charge in [0, 0.05) is 20.1 Å². The van der Waals surface area contributed by atoms with Crippen molar-refractivity contribution in [2.45, 2.75) is 13.0 Å². The minimum atomic E-state index is -0.0288. The third kappa shape index (κ3) is 2.19. The van der Waals surface area contributed by atoms with Gasteiger partial charge in [-0.3, -0.25) is 9.69 Å². The second kappa shape index (κ2) is 4.42. The molecule has 0 bridgehead atoms. The van der Waals surface area contributed by atoms with Crippen molar-refractivity contribution >= 4 is 5.91 Å². The van der Waals surface area contributed by atoms with Crippen molar-refractivity contribution in [1.29, 1.82) is 0 Å². The van der Waals surface area contributed by atoms with Crippen LogP contribution in [0.1, 0.15) is 6.92 Å². The minimum absolute atomic E-state index is 0.0288. The molecule has 0 aromatic carbocycles. The first kappa shape index (κ1) is 9.48. The molecule has 1 unspecified atom stereocenters. The van der Waals surface area contributed by atoms with Gasteiger partial charge in [-0.2, -0.15) is 0 Å². The molecule has 12 heavy (non-hydrogen) atoms. The second-order valence-electron chi connectivity index (χ2n) is 2.94. The summed E-state index contributed by atoms with van der Waals surface area (Å²) in [6, 6.07) is -0.0288. The number of nitrogens with one attached hydrogen (secondary N) is 1. The maximum atomic E-state index is 11.2. The molecule has 0 radical (unpaired) electrons. The zero-order chi connectivity index (χ0) is 8.97. The van der Waals surface area contributed by atoms with Crippen molar-refractivity contribution in [2.24, 2.45) is 0 Å². The SMILES string of the molecule is CNC(=O)C(C)N1CCOCC1. The van der Waals surface area contributed by atoms with Crippen LogP contribution in [0.4, 0.5) is 0 Å². The van der Waals surface area contributed by atoms with Crippen LogP contribution < -0.4 is 5.32 Å². The second-order valence-corrected chi connectivity index (χ2v) is 2.94. The van der Waals surface area contributed by atoms with E-state index in [1.165, 1.54) is 0 Å². The van der Waals surface area contributed by atoms with E-state index in [0.29, 0.717) is 0 Å². The maximum Gasteiger partial charge on any atom is 0.236 e. The number of rotatable bonds is 2. The highest BCUT2D eigenvalue weighted by atomic mass is 16.5. The van der Waals surface area contributed by atoms with Crippen LogP contribution in [-0.4, -0.2) is 50.2 Å². The Kier molecular flexibility index (Phi) is 3.49. The lowest BCUT2D eigenvalue weighted by Gasteiger charge is -2.30. The van der Waals surface area contributed by atoms with Gasteiger partial charge < -0.3 is 10.1 Å². The van der Waals surface area contributed by atoms with Gasteiger partial charge >= 0.3 is 0 Å². The zero-order valence-corrected chi connectivity index (χ0v) is 7.67. The summed E-state index contributed by atoms with van der Waals surface area (Å²) >= 11 is 0. The number of carbonyl (C=O) groups excluding carboxylic acids is 1. The molecule has 1 amide bonds. The molecule has 0 aliphatic carbocycles. The van der Waals surface area contributed by atoms with Crippen LogP contribution >= 0.6 is 0 Å². The predicted molar refractivity (Wildman–Crippen MR) is 45.9 cm³/mol. The third-order valence-electron chi connectivity index (χ3n) is 2.22. The highest BCUT2D eigenvalue weighted by Gasteiger charge is 2.21. The number of ether oxygens (including phenoxy) is 1. The Balaban J connectivity index is 2.39. The molecular formula is C8H16N2O2. The highest BCUT2D eigenvalue weighted by Crippen LogP contribution is 2.02. The van der Waals surface area contributed by atoms with E-state index in [1.54, 1.807) is 7.05 Å². The summed E-state index contributed by atoms with van der Waals surface area (Å²) in [6.45, 7) is 5.11. The maximum absolute atomic E-state index is 11.2. The van der Waals surface area contributed by atoms with Crippen LogP contribution in [0.25, 0.3) is 0 Å². The number of amides is 1. The number of hydrogen-bond donors (Lipinski definition) is 1. The monoisotopic (exact) mass is 172 g/mol. The largest absolute Gasteiger partial charge is 0.379 e. The Bertz CT molecular complexity index is 155. The number of morpholine rings is 1. The molecule has 1 fully saturated rings. The first-order chi connectivity index (χ1) is 5.75. The summed E-state index contributed by atoms with van der Waals surface area (Å²) in [5.41, 5.74) is 0. The molecule has 0 aromatic rings. The van der Waals surface area contributed by atoms with Crippen LogP contribution in [0.15, 0.2) is 0 Å². The van der Waals surface area contributed by atoms with Gasteiger partial charge in [-0.25, -0.2) is 0 Å². The molecule has 4 nitrogen and oxygen atoms in total. The molecule has 1 aliphatic rings. The average Bonchev–Trinajstić information content (AvgIpc) is 2.17. The van der Waals surface area contributed by atoms with Gasteiger partial charge in [0.25, 0.3) is 0 Å². The summed E-state index contributed by atoms with van der Waals surface area (Å²) < 4.78 is 5.19. The minimum Gasteiger partial charge on any atom is -0.379 e. The Labute approximate surface area is 72.9 Å². The Morgan fingerprint density at radius 1 is 1.50 bits per heavy atom. The van der Waals surface area contributed by atoms with E-state index >= 15 is 0 Å². The Morgan fingerprint density at radius 2 is 2.08 bits per heavy atom. The van der Waals surface area contributed by atoms with Gasteiger partial charge in [0.2, 0.25) is 5.91 Å². The van der Waals surface area contributed by atoms with Gasteiger partial charge in [0.05, 0.1) is 19.3 Å². The van der Waals surface area contributed by atoms with Crippen LogP contribution in [-0.2, 0) is 9.53 Å². The number of likely N-dealkylation sites (N-methyl/N-ethyl adjacent to an activating group) is 1.